The Morgan fingerprint density at radius 2 is 2.07 bits per heavy atom. The molecule has 1 aliphatic carbocycles. The van der Waals surface area contributed by atoms with E-state index in [1.807, 2.05) is 0 Å². The van der Waals surface area contributed by atoms with Crippen molar-refractivity contribution in [3.8, 4) is 23.1 Å². The molecule has 0 unspecified atom stereocenters. The van der Waals surface area contributed by atoms with E-state index in [0.29, 0.717) is 28.8 Å². The van der Waals surface area contributed by atoms with Crippen molar-refractivity contribution in [3.05, 3.63) is 47.1 Å². The molecule has 10 nitrogen and oxygen atoms in total. The number of hydrogen-bond donors (Lipinski definition) is 2. The lowest BCUT2D eigenvalue weighted by Crippen LogP contribution is -2.34. The summed E-state index contributed by atoms with van der Waals surface area (Å²) in [5.41, 5.74) is 0.388. The lowest BCUT2D eigenvalue weighted by molar-refractivity contribution is 0.174. The monoisotopic (exact) mass is 397 g/mol. The van der Waals surface area contributed by atoms with Crippen LogP contribution in [0, 0.1) is 0 Å². The maximum Gasteiger partial charge on any atom is 0.346 e. The van der Waals surface area contributed by atoms with Crippen molar-refractivity contribution in [1.82, 2.24) is 19.7 Å². The molecule has 0 spiro atoms. The van der Waals surface area contributed by atoms with Crippen LogP contribution >= 0.6 is 0 Å². The summed E-state index contributed by atoms with van der Waals surface area (Å²) in [5.74, 6) is 2.31. The summed E-state index contributed by atoms with van der Waals surface area (Å²) in [6.45, 7) is 0.670. The molecule has 2 aliphatic rings. The molecule has 0 radical (unpaired) electrons. The van der Waals surface area contributed by atoms with Crippen LogP contribution in [0.3, 0.4) is 0 Å². The van der Waals surface area contributed by atoms with Crippen molar-refractivity contribution in [2.75, 3.05) is 18.7 Å². The van der Waals surface area contributed by atoms with Crippen molar-refractivity contribution < 1.29 is 18.7 Å². The van der Waals surface area contributed by atoms with Gasteiger partial charge in [0, 0.05) is 24.3 Å². The molecule has 1 fully saturated rings. The highest BCUT2D eigenvalue weighted by Crippen LogP contribution is 2.36. The highest BCUT2D eigenvalue weighted by Gasteiger charge is 2.31. The van der Waals surface area contributed by atoms with E-state index in [1.54, 1.807) is 41.2 Å². The van der Waals surface area contributed by atoms with E-state index in [-0.39, 0.29) is 37.6 Å². The van der Waals surface area contributed by atoms with Crippen molar-refractivity contribution in [2.45, 2.75) is 25.4 Å². The number of nitrogens with zero attached hydrogens (tertiary/aromatic N) is 3. The molecule has 2 amide bonds. The lowest BCUT2D eigenvalue weighted by atomic mass is 10.3. The number of carbonyl (C=O) groups excluding carboxylic acids is 1. The van der Waals surface area contributed by atoms with E-state index in [1.165, 1.54) is 4.68 Å². The first kappa shape index (κ1) is 17.4. The standard InChI is InChI=1S/C19H19N5O5/c25-18(21-12-3-6-14-16(10-12)29-11-28-14)20-7-8-23-19(26)24(13-4-5-13)17(22-23)15-2-1-9-27-15/h1-3,6,9-10,13H,4-5,7-8,11H2,(H2,20,21,25). The second kappa shape index (κ2) is 7.04. The second-order valence-electron chi connectivity index (χ2n) is 6.86. The van der Waals surface area contributed by atoms with Crippen molar-refractivity contribution in [2.24, 2.45) is 0 Å². The van der Waals surface area contributed by atoms with Crippen LogP contribution in [-0.4, -0.2) is 33.7 Å². The zero-order valence-corrected chi connectivity index (χ0v) is 15.5. The highest BCUT2D eigenvalue weighted by atomic mass is 16.7. The number of urea groups is 1. The summed E-state index contributed by atoms with van der Waals surface area (Å²) >= 11 is 0. The molecule has 150 valence electrons. The van der Waals surface area contributed by atoms with Gasteiger partial charge in [0.05, 0.1) is 12.8 Å². The fraction of sp³-hybridized carbons (Fsp3) is 0.316. The quantitative estimate of drug-likeness (QED) is 0.659. The lowest BCUT2D eigenvalue weighted by Gasteiger charge is -2.08. The van der Waals surface area contributed by atoms with Crippen LogP contribution in [0.2, 0.25) is 0 Å². The fourth-order valence-corrected chi connectivity index (χ4v) is 3.23. The summed E-state index contributed by atoms with van der Waals surface area (Å²) in [4.78, 5) is 24.9. The minimum absolute atomic E-state index is 0.165. The summed E-state index contributed by atoms with van der Waals surface area (Å²) < 4.78 is 19.0. The van der Waals surface area contributed by atoms with Crippen molar-refractivity contribution in [1.29, 1.82) is 0 Å². The Hall–Kier alpha value is -3.69. The predicted octanol–water partition coefficient (Wildman–Crippen LogP) is 2.19. The van der Waals surface area contributed by atoms with Crippen molar-refractivity contribution >= 4 is 11.7 Å². The first-order valence-corrected chi connectivity index (χ1v) is 9.37. The number of benzene rings is 1. The average Bonchev–Trinajstić information content (AvgIpc) is 3.10. The van der Waals surface area contributed by atoms with Crippen molar-refractivity contribution in [3.63, 3.8) is 0 Å². The average molecular weight is 397 g/mol. The first-order chi connectivity index (χ1) is 14.2. The number of hydrogen-bond acceptors (Lipinski definition) is 6. The van der Waals surface area contributed by atoms with Gasteiger partial charge in [-0.05, 0) is 37.1 Å². The molecule has 5 rings (SSSR count). The third kappa shape index (κ3) is 3.44. The van der Waals surface area contributed by atoms with Crippen LogP contribution in [0.15, 0.2) is 45.8 Å². The molecular formula is C19H19N5O5. The Labute approximate surface area is 165 Å². The van der Waals surface area contributed by atoms with Crippen LogP contribution in [0.1, 0.15) is 18.9 Å². The van der Waals surface area contributed by atoms with Crippen LogP contribution in [-0.2, 0) is 6.54 Å². The minimum atomic E-state index is -0.384. The Bertz CT molecular complexity index is 1100. The van der Waals surface area contributed by atoms with Crippen LogP contribution in [0.5, 0.6) is 11.5 Å². The molecule has 1 aliphatic heterocycles. The fourth-order valence-electron chi connectivity index (χ4n) is 3.23. The molecule has 2 N–H and O–H groups in total. The van der Waals surface area contributed by atoms with E-state index < -0.39 is 0 Å². The zero-order valence-electron chi connectivity index (χ0n) is 15.5. The first-order valence-electron chi connectivity index (χ1n) is 9.37. The maximum atomic E-state index is 12.7. The van der Waals surface area contributed by atoms with Gasteiger partial charge in [-0.1, -0.05) is 0 Å². The van der Waals surface area contributed by atoms with Gasteiger partial charge in [0.1, 0.15) is 0 Å². The maximum absolute atomic E-state index is 12.7. The van der Waals surface area contributed by atoms with E-state index in [4.69, 9.17) is 13.9 Å². The predicted molar refractivity (Wildman–Crippen MR) is 102 cm³/mol. The van der Waals surface area contributed by atoms with Gasteiger partial charge in [-0.3, -0.25) is 4.57 Å². The van der Waals surface area contributed by atoms with Crippen LogP contribution in [0.4, 0.5) is 10.5 Å². The number of amides is 2. The van der Waals surface area contributed by atoms with Crippen LogP contribution in [0.25, 0.3) is 11.6 Å². The van der Waals surface area contributed by atoms with Gasteiger partial charge < -0.3 is 24.5 Å². The number of ether oxygens (including phenoxy) is 2. The summed E-state index contributed by atoms with van der Waals surface area (Å²) in [6.07, 6.45) is 3.46. The minimum Gasteiger partial charge on any atom is -0.461 e. The number of aromatic nitrogens is 3. The summed E-state index contributed by atoms with van der Waals surface area (Å²) in [5, 5.41) is 9.86. The third-order valence-corrected chi connectivity index (χ3v) is 4.76. The van der Waals surface area contributed by atoms with Gasteiger partial charge in [0.15, 0.2) is 17.3 Å². The van der Waals surface area contributed by atoms with E-state index in [2.05, 4.69) is 15.7 Å². The molecule has 0 bridgehead atoms. The number of nitrogens with one attached hydrogen (secondary N) is 2. The molecule has 29 heavy (non-hydrogen) atoms. The topological polar surface area (TPSA) is 113 Å². The number of anilines is 1. The number of rotatable bonds is 6. The summed E-state index contributed by atoms with van der Waals surface area (Å²) in [6, 6.07) is 8.48. The third-order valence-electron chi connectivity index (χ3n) is 4.76. The van der Waals surface area contributed by atoms with Gasteiger partial charge in [0.2, 0.25) is 12.6 Å². The smallest absolute Gasteiger partial charge is 0.346 e. The Kier molecular flexibility index (Phi) is 4.23. The molecule has 2 aromatic heterocycles. The Balaban J connectivity index is 1.22. The van der Waals surface area contributed by atoms with E-state index in [9.17, 15) is 9.59 Å². The highest BCUT2D eigenvalue weighted by molar-refractivity contribution is 5.89. The SMILES string of the molecule is O=C(NCCn1nc(-c2ccco2)n(C2CC2)c1=O)Nc1ccc2c(c1)OCO2. The summed E-state index contributed by atoms with van der Waals surface area (Å²) in [7, 11) is 0. The number of furan rings is 1. The van der Waals surface area contributed by atoms with Gasteiger partial charge in [-0.2, -0.15) is 0 Å². The number of carbonyl (C=O) groups is 1. The molecule has 3 heterocycles. The molecular weight excluding hydrogens is 378 g/mol. The molecule has 10 heteroatoms. The molecule has 0 saturated heterocycles. The Morgan fingerprint density at radius 1 is 1.21 bits per heavy atom. The normalized spacial score (nSPS) is 14.8. The second-order valence-corrected chi connectivity index (χ2v) is 6.86. The molecule has 1 saturated carbocycles. The largest absolute Gasteiger partial charge is 0.461 e. The van der Waals surface area contributed by atoms with Gasteiger partial charge >= 0.3 is 11.7 Å². The zero-order chi connectivity index (χ0) is 19.8. The van der Waals surface area contributed by atoms with Gasteiger partial charge in [0.25, 0.3) is 0 Å². The van der Waals surface area contributed by atoms with E-state index >= 15 is 0 Å². The Morgan fingerprint density at radius 3 is 2.86 bits per heavy atom. The molecule has 0 atom stereocenters. The van der Waals surface area contributed by atoms with Gasteiger partial charge in [-0.25, -0.2) is 14.3 Å². The van der Waals surface area contributed by atoms with E-state index in [0.717, 1.165) is 12.8 Å². The molecule has 3 aromatic rings. The van der Waals surface area contributed by atoms with Gasteiger partial charge in [-0.15, -0.1) is 5.10 Å². The number of fused-ring (bicyclic) bond motifs is 1. The van der Waals surface area contributed by atoms with Crippen LogP contribution < -0.4 is 25.8 Å². The molecule has 1 aromatic carbocycles.